The van der Waals surface area contributed by atoms with Crippen LogP contribution in [0.15, 0.2) is 42.5 Å². The number of allylic oxidation sites excluding steroid dienone is 1. The topological polar surface area (TPSA) is 29.5 Å². The lowest BCUT2D eigenvalue weighted by Gasteiger charge is -2.20. The van der Waals surface area contributed by atoms with Gasteiger partial charge >= 0.3 is 0 Å². The largest absolute Gasteiger partial charge is 0.385 e. The summed E-state index contributed by atoms with van der Waals surface area (Å²) >= 11 is 0. The number of hydrogen-bond donors (Lipinski definition) is 1. The van der Waals surface area contributed by atoms with E-state index in [1.807, 2.05) is 43.3 Å². The van der Waals surface area contributed by atoms with Gasteiger partial charge in [-0.15, -0.1) is 0 Å². The second-order valence-electron chi connectivity index (χ2n) is 4.35. The van der Waals surface area contributed by atoms with Crippen molar-refractivity contribution < 1.29 is 9.84 Å². The Balaban J connectivity index is 2.63. The summed E-state index contributed by atoms with van der Waals surface area (Å²) in [7, 11) is 0. The molecule has 0 amide bonds. The number of hydrogen-bond acceptors (Lipinski definition) is 2. The molecule has 1 rings (SSSR count). The summed E-state index contributed by atoms with van der Waals surface area (Å²) in [5.41, 5.74) is 0.899. The van der Waals surface area contributed by atoms with Gasteiger partial charge in [-0.2, -0.15) is 0 Å². The van der Waals surface area contributed by atoms with Crippen LogP contribution in [0.5, 0.6) is 0 Å². The summed E-state index contributed by atoms with van der Waals surface area (Å²) < 4.78 is 5.60. The summed E-state index contributed by atoms with van der Waals surface area (Å²) in [4.78, 5) is 0. The molecule has 2 atom stereocenters. The molecule has 0 aromatic heterocycles. The molecule has 0 aliphatic rings. The Morgan fingerprint density at radius 2 is 1.94 bits per heavy atom. The van der Waals surface area contributed by atoms with E-state index in [0.29, 0.717) is 6.61 Å². The highest BCUT2D eigenvalue weighted by Crippen LogP contribution is 2.20. The highest BCUT2D eigenvalue weighted by molar-refractivity contribution is 5.20. The van der Waals surface area contributed by atoms with Crippen LogP contribution in [-0.4, -0.2) is 17.8 Å². The van der Waals surface area contributed by atoms with Crippen LogP contribution in [0.2, 0.25) is 0 Å². The van der Waals surface area contributed by atoms with Gasteiger partial charge < -0.3 is 9.84 Å². The normalized spacial score (nSPS) is 14.8. The van der Waals surface area contributed by atoms with Gasteiger partial charge in [-0.3, -0.25) is 0 Å². The van der Waals surface area contributed by atoms with Crippen molar-refractivity contribution >= 4 is 0 Å². The predicted molar refractivity (Wildman–Crippen MR) is 75.5 cm³/mol. The third kappa shape index (κ3) is 5.03. The Hall–Kier alpha value is -1.12. The second kappa shape index (κ2) is 8.90. The molecule has 0 aliphatic heterocycles. The van der Waals surface area contributed by atoms with Gasteiger partial charge in [-0.25, -0.2) is 0 Å². The lowest BCUT2D eigenvalue weighted by atomic mass is 10.0. The minimum atomic E-state index is -0.593. The molecule has 1 N–H and O–H groups in total. The number of benzene rings is 1. The van der Waals surface area contributed by atoms with Crippen molar-refractivity contribution in [3.8, 4) is 0 Å². The smallest absolute Gasteiger partial charge is 0.109 e. The van der Waals surface area contributed by atoms with E-state index < -0.39 is 6.10 Å². The van der Waals surface area contributed by atoms with Crippen LogP contribution in [0.4, 0.5) is 0 Å². The van der Waals surface area contributed by atoms with Crippen molar-refractivity contribution in [3.63, 3.8) is 0 Å². The third-order valence-corrected chi connectivity index (χ3v) is 2.86. The third-order valence-electron chi connectivity index (χ3n) is 2.86. The quantitative estimate of drug-likeness (QED) is 0.559. The zero-order valence-electron chi connectivity index (χ0n) is 11.4. The van der Waals surface area contributed by atoms with Crippen molar-refractivity contribution in [1.82, 2.24) is 0 Å². The number of aliphatic hydroxyl groups is 1. The zero-order valence-corrected chi connectivity index (χ0v) is 11.4. The highest BCUT2D eigenvalue weighted by Gasteiger charge is 2.17. The van der Waals surface area contributed by atoms with Crippen molar-refractivity contribution in [3.05, 3.63) is 48.0 Å². The first-order valence-electron chi connectivity index (χ1n) is 6.80. The van der Waals surface area contributed by atoms with Crippen LogP contribution in [0.1, 0.15) is 44.8 Å². The first kappa shape index (κ1) is 14.9. The molecule has 0 heterocycles. The van der Waals surface area contributed by atoms with E-state index >= 15 is 0 Å². The first-order valence-corrected chi connectivity index (χ1v) is 6.80. The maximum atomic E-state index is 10.3. The van der Waals surface area contributed by atoms with Gasteiger partial charge in [0.2, 0.25) is 0 Å². The molecule has 100 valence electrons. The van der Waals surface area contributed by atoms with Gasteiger partial charge in [0.25, 0.3) is 0 Å². The van der Waals surface area contributed by atoms with Crippen LogP contribution in [0.25, 0.3) is 0 Å². The predicted octanol–water partition coefficient (Wildman–Crippen LogP) is 3.87. The Bertz CT molecular complexity index is 332. The minimum Gasteiger partial charge on any atom is -0.385 e. The monoisotopic (exact) mass is 248 g/mol. The molecular weight excluding hydrogens is 224 g/mol. The number of rotatable bonds is 8. The molecule has 0 unspecified atom stereocenters. The van der Waals surface area contributed by atoms with E-state index in [1.165, 1.54) is 12.8 Å². The van der Waals surface area contributed by atoms with Crippen molar-refractivity contribution in [2.75, 3.05) is 6.61 Å². The van der Waals surface area contributed by atoms with E-state index in [1.54, 1.807) is 0 Å². The van der Waals surface area contributed by atoms with Crippen molar-refractivity contribution in [2.45, 2.75) is 45.3 Å². The van der Waals surface area contributed by atoms with Gasteiger partial charge in [0.1, 0.15) is 12.2 Å². The Morgan fingerprint density at radius 3 is 2.56 bits per heavy atom. The van der Waals surface area contributed by atoms with Gasteiger partial charge in [0.05, 0.1) is 0 Å². The van der Waals surface area contributed by atoms with Crippen LogP contribution in [0, 0.1) is 0 Å². The molecule has 0 aliphatic carbocycles. The minimum absolute atomic E-state index is 0.255. The van der Waals surface area contributed by atoms with Gasteiger partial charge in [-0.05, 0) is 18.9 Å². The SMILES string of the molecule is CCCC/C=C/[C@@H](OCC)[C@@H](O)c1ccccc1. The standard InChI is InChI=1S/C16H24O2/c1-3-5-6-10-13-15(18-4-2)16(17)14-11-8-7-9-12-14/h7-13,15-17H,3-6H2,1-2H3/b13-10+/t15-,16+/m1/s1. The number of ether oxygens (including phenoxy) is 1. The lowest BCUT2D eigenvalue weighted by molar-refractivity contribution is -0.00589. The molecule has 18 heavy (non-hydrogen) atoms. The Kier molecular flexibility index (Phi) is 7.38. The summed E-state index contributed by atoms with van der Waals surface area (Å²) in [6, 6.07) is 9.67. The van der Waals surface area contributed by atoms with Gasteiger partial charge in [0.15, 0.2) is 0 Å². The van der Waals surface area contributed by atoms with E-state index in [-0.39, 0.29) is 6.10 Å². The maximum Gasteiger partial charge on any atom is 0.109 e. The lowest BCUT2D eigenvalue weighted by Crippen LogP contribution is -2.20. The number of unbranched alkanes of at least 4 members (excludes halogenated alkanes) is 2. The second-order valence-corrected chi connectivity index (χ2v) is 4.35. The van der Waals surface area contributed by atoms with Gasteiger partial charge in [0, 0.05) is 6.61 Å². The van der Waals surface area contributed by atoms with Gasteiger partial charge in [-0.1, -0.05) is 62.2 Å². The molecule has 0 saturated heterocycles. The van der Waals surface area contributed by atoms with Crippen molar-refractivity contribution in [1.29, 1.82) is 0 Å². The molecule has 0 bridgehead atoms. The summed E-state index contributed by atoms with van der Waals surface area (Å²) in [5.74, 6) is 0. The average Bonchev–Trinajstić information content (AvgIpc) is 2.42. The van der Waals surface area contributed by atoms with Crippen molar-refractivity contribution in [2.24, 2.45) is 0 Å². The summed E-state index contributed by atoms with van der Waals surface area (Å²) in [5, 5.41) is 10.3. The molecule has 2 heteroatoms. The molecule has 0 radical (unpaired) electrons. The molecule has 0 saturated carbocycles. The summed E-state index contributed by atoms with van der Waals surface area (Å²) in [6.07, 6.45) is 6.65. The van der Waals surface area contributed by atoms with Crippen LogP contribution >= 0.6 is 0 Å². The number of aliphatic hydroxyl groups excluding tert-OH is 1. The summed E-state index contributed by atoms with van der Waals surface area (Å²) in [6.45, 7) is 4.73. The molecule has 2 nitrogen and oxygen atoms in total. The van der Waals surface area contributed by atoms with E-state index in [4.69, 9.17) is 4.74 Å². The van der Waals surface area contributed by atoms with Crippen LogP contribution in [0.3, 0.4) is 0 Å². The average molecular weight is 248 g/mol. The molecule has 1 aromatic carbocycles. The van der Waals surface area contributed by atoms with E-state index in [0.717, 1.165) is 12.0 Å². The highest BCUT2D eigenvalue weighted by atomic mass is 16.5. The molecule has 0 spiro atoms. The van der Waals surface area contributed by atoms with Crippen LogP contribution in [-0.2, 0) is 4.74 Å². The first-order chi connectivity index (χ1) is 8.79. The maximum absolute atomic E-state index is 10.3. The van der Waals surface area contributed by atoms with Crippen LogP contribution < -0.4 is 0 Å². The molecule has 0 fully saturated rings. The zero-order chi connectivity index (χ0) is 13.2. The van der Waals surface area contributed by atoms with E-state index in [2.05, 4.69) is 13.0 Å². The fourth-order valence-corrected chi connectivity index (χ4v) is 1.84. The fourth-order valence-electron chi connectivity index (χ4n) is 1.84. The Morgan fingerprint density at radius 1 is 1.22 bits per heavy atom. The Labute approximate surface area is 110 Å². The molecule has 1 aromatic rings. The van der Waals surface area contributed by atoms with E-state index in [9.17, 15) is 5.11 Å². The fraction of sp³-hybridized carbons (Fsp3) is 0.500. The molecular formula is C16H24O2.